The maximum absolute atomic E-state index is 12.4. The van der Waals surface area contributed by atoms with E-state index in [9.17, 15) is 15.0 Å². The van der Waals surface area contributed by atoms with Gasteiger partial charge in [-0.1, -0.05) is 19.3 Å². The van der Waals surface area contributed by atoms with Gasteiger partial charge in [0.25, 0.3) is 0 Å². The summed E-state index contributed by atoms with van der Waals surface area (Å²) >= 11 is 0. The first-order chi connectivity index (χ1) is 14.9. The fraction of sp³-hybridized carbons (Fsp3) is 0.667. The van der Waals surface area contributed by atoms with Crippen LogP contribution < -0.4 is 5.73 Å². The van der Waals surface area contributed by atoms with Crippen molar-refractivity contribution in [1.82, 2.24) is 14.6 Å². The Morgan fingerprint density at radius 1 is 1.23 bits per heavy atom. The molecule has 31 heavy (non-hydrogen) atoms. The van der Waals surface area contributed by atoms with Gasteiger partial charge in [0.2, 0.25) is 0 Å². The Morgan fingerprint density at radius 3 is 2.61 bits per heavy atom. The van der Waals surface area contributed by atoms with E-state index in [0.29, 0.717) is 17.0 Å². The molecule has 168 valence electrons. The van der Waals surface area contributed by atoms with E-state index in [1.54, 1.807) is 19.1 Å². The number of ether oxygens (including phenoxy) is 3. The summed E-state index contributed by atoms with van der Waals surface area (Å²) in [6.45, 7) is 1.61. The van der Waals surface area contributed by atoms with Crippen LogP contribution in [0.3, 0.4) is 0 Å². The molecular weight excluding hydrogens is 404 g/mol. The van der Waals surface area contributed by atoms with E-state index < -0.39 is 35.7 Å². The standard InChI is InChI=1S/C21H28N4O6/c1-20-18(30-19(27)29-12-7-5-3-2-4-6-8-12)21(20,28)16(26)15(31-20)13-9-10-14-17(22)23-11-24-25(13)14/h9-12,15-16,18,26,28H,2-8H2,1H3,(H2,22,23,24)/t15-,16-,18?,20+,21+/m0/s1. The van der Waals surface area contributed by atoms with Gasteiger partial charge in [-0.3, -0.25) is 0 Å². The van der Waals surface area contributed by atoms with E-state index in [4.69, 9.17) is 19.9 Å². The summed E-state index contributed by atoms with van der Waals surface area (Å²) in [6, 6.07) is 3.43. The fourth-order valence-corrected chi connectivity index (χ4v) is 5.13. The molecule has 1 saturated heterocycles. The fourth-order valence-electron chi connectivity index (χ4n) is 5.13. The number of aromatic nitrogens is 3. The number of nitrogen functional groups attached to an aromatic ring is 1. The van der Waals surface area contributed by atoms with Gasteiger partial charge in [0.05, 0.1) is 5.69 Å². The van der Waals surface area contributed by atoms with Crippen molar-refractivity contribution in [1.29, 1.82) is 0 Å². The topological polar surface area (TPSA) is 141 Å². The van der Waals surface area contributed by atoms with Gasteiger partial charge in [0.15, 0.2) is 17.5 Å². The van der Waals surface area contributed by atoms with Gasteiger partial charge in [-0.25, -0.2) is 14.3 Å². The van der Waals surface area contributed by atoms with Crippen molar-refractivity contribution in [3.63, 3.8) is 0 Å². The van der Waals surface area contributed by atoms with E-state index >= 15 is 0 Å². The number of carbonyl (C=O) groups excluding carboxylic acids is 1. The molecule has 0 spiro atoms. The summed E-state index contributed by atoms with van der Waals surface area (Å²) in [5, 5.41) is 26.2. The Labute approximate surface area is 179 Å². The molecule has 0 aromatic carbocycles. The average Bonchev–Trinajstić information content (AvgIpc) is 3.01. The quantitative estimate of drug-likeness (QED) is 0.620. The van der Waals surface area contributed by atoms with E-state index in [-0.39, 0.29) is 6.10 Å². The third kappa shape index (κ3) is 3.07. The lowest BCUT2D eigenvalue weighted by Crippen LogP contribution is -2.36. The summed E-state index contributed by atoms with van der Waals surface area (Å²) in [6.07, 6.45) is 4.26. The van der Waals surface area contributed by atoms with Gasteiger partial charge >= 0.3 is 6.16 Å². The monoisotopic (exact) mass is 432 g/mol. The molecular formula is C21H28N4O6. The van der Waals surface area contributed by atoms with Crippen LogP contribution in [0.5, 0.6) is 0 Å². The van der Waals surface area contributed by atoms with Crippen LogP contribution in [0.25, 0.3) is 5.52 Å². The van der Waals surface area contributed by atoms with Crippen molar-refractivity contribution in [3.05, 3.63) is 24.2 Å². The average molecular weight is 432 g/mol. The predicted octanol–water partition coefficient (Wildman–Crippen LogP) is 1.88. The second-order valence-corrected chi connectivity index (χ2v) is 8.95. The van der Waals surface area contributed by atoms with Crippen molar-refractivity contribution in [2.24, 2.45) is 0 Å². The number of rotatable bonds is 3. The normalized spacial score (nSPS) is 35.9. The molecule has 0 radical (unpaired) electrons. The highest BCUT2D eigenvalue weighted by atomic mass is 16.8. The molecule has 1 unspecified atom stereocenters. The van der Waals surface area contributed by atoms with E-state index in [0.717, 1.165) is 38.5 Å². The Hall–Kier alpha value is -2.43. The lowest BCUT2D eigenvalue weighted by atomic mass is 9.99. The van der Waals surface area contributed by atoms with Crippen LogP contribution in [0.1, 0.15) is 63.7 Å². The first-order valence-corrected chi connectivity index (χ1v) is 10.9. The molecule has 3 fully saturated rings. The molecule has 2 aromatic heterocycles. The molecule has 10 nitrogen and oxygen atoms in total. The number of nitrogens with two attached hydrogens (primary N) is 1. The van der Waals surface area contributed by atoms with Gasteiger partial charge in [-0.15, -0.1) is 0 Å². The molecule has 5 rings (SSSR count). The van der Waals surface area contributed by atoms with Crippen LogP contribution in [0.4, 0.5) is 10.6 Å². The smallest absolute Gasteiger partial charge is 0.431 e. The first kappa shape index (κ1) is 20.5. The Kier molecular flexibility index (Phi) is 4.83. The Balaban J connectivity index is 1.27. The highest BCUT2D eigenvalue weighted by Crippen LogP contribution is 2.64. The molecule has 2 aliphatic carbocycles. The van der Waals surface area contributed by atoms with Gasteiger partial charge in [0, 0.05) is 0 Å². The molecule has 4 N–H and O–H groups in total. The highest BCUT2D eigenvalue weighted by Gasteiger charge is 2.87. The number of aliphatic hydroxyl groups excluding tert-OH is 1. The first-order valence-electron chi connectivity index (χ1n) is 10.9. The van der Waals surface area contributed by atoms with Crippen LogP contribution in [0.15, 0.2) is 18.5 Å². The summed E-state index contributed by atoms with van der Waals surface area (Å²) in [4.78, 5) is 16.3. The number of fused-ring (bicyclic) bond motifs is 2. The predicted molar refractivity (Wildman–Crippen MR) is 108 cm³/mol. The largest absolute Gasteiger partial charge is 0.509 e. The van der Waals surface area contributed by atoms with Crippen LogP contribution in [0, 0.1) is 0 Å². The van der Waals surface area contributed by atoms with E-state index in [1.807, 2.05) is 0 Å². The Morgan fingerprint density at radius 2 is 1.94 bits per heavy atom. The minimum Gasteiger partial charge on any atom is -0.431 e. The maximum Gasteiger partial charge on any atom is 0.509 e. The van der Waals surface area contributed by atoms with Gasteiger partial charge in [-0.2, -0.15) is 5.10 Å². The van der Waals surface area contributed by atoms with Crippen molar-refractivity contribution in [3.8, 4) is 0 Å². The van der Waals surface area contributed by atoms with Gasteiger partial charge in [-0.05, 0) is 44.7 Å². The molecule has 3 aliphatic rings. The Bertz CT molecular complexity index is 989. The zero-order chi connectivity index (χ0) is 21.8. The molecule has 10 heteroatoms. The lowest BCUT2D eigenvalue weighted by molar-refractivity contribution is -0.0947. The summed E-state index contributed by atoms with van der Waals surface area (Å²) in [5.74, 6) is 0.294. The van der Waals surface area contributed by atoms with Gasteiger partial charge < -0.3 is 30.2 Å². The number of carbonyl (C=O) groups is 1. The van der Waals surface area contributed by atoms with Crippen molar-refractivity contribution in [2.75, 3.05) is 5.73 Å². The molecule has 3 heterocycles. The molecule has 1 aliphatic heterocycles. The van der Waals surface area contributed by atoms with Crippen molar-refractivity contribution >= 4 is 17.5 Å². The van der Waals surface area contributed by atoms with Crippen LogP contribution >= 0.6 is 0 Å². The number of hydrogen-bond acceptors (Lipinski definition) is 9. The molecule has 5 atom stereocenters. The maximum atomic E-state index is 12.4. The molecule has 2 saturated carbocycles. The zero-order valence-electron chi connectivity index (χ0n) is 17.4. The zero-order valence-corrected chi connectivity index (χ0v) is 17.4. The van der Waals surface area contributed by atoms with Crippen LogP contribution in [-0.4, -0.2) is 60.5 Å². The van der Waals surface area contributed by atoms with E-state index in [1.165, 1.54) is 17.3 Å². The molecule has 2 aromatic rings. The van der Waals surface area contributed by atoms with Crippen molar-refractivity contribution in [2.45, 2.75) is 87.5 Å². The van der Waals surface area contributed by atoms with Crippen LogP contribution in [0.2, 0.25) is 0 Å². The SMILES string of the molecule is C[C@]12O[C@@H](c3ccc4c(N)ncnn34)[C@H](O)[C@@]1(O)C2OC(=O)OC1CCCCCCC1. The summed E-state index contributed by atoms with van der Waals surface area (Å²) < 4.78 is 18.4. The summed E-state index contributed by atoms with van der Waals surface area (Å²) in [5.41, 5.74) is 3.97. The second-order valence-electron chi connectivity index (χ2n) is 8.95. The number of anilines is 1. The second kappa shape index (κ2) is 7.32. The highest BCUT2D eigenvalue weighted by molar-refractivity contribution is 5.66. The third-order valence-electron chi connectivity index (χ3n) is 7.05. The third-order valence-corrected chi connectivity index (χ3v) is 7.05. The number of nitrogens with zero attached hydrogens (tertiary/aromatic N) is 3. The van der Waals surface area contributed by atoms with E-state index in [2.05, 4.69) is 10.1 Å². The molecule has 0 bridgehead atoms. The number of aliphatic hydroxyl groups is 2. The minimum atomic E-state index is -1.74. The number of hydrogen-bond donors (Lipinski definition) is 3. The van der Waals surface area contributed by atoms with Crippen LogP contribution in [-0.2, 0) is 14.2 Å². The summed E-state index contributed by atoms with van der Waals surface area (Å²) in [7, 11) is 0. The minimum absolute atomic E-state index is 0.176. The lowest BCUT2D eigenvalue weighted by Gasteiger charge is -2.24. The van der Waals surface area contributed by atoms with Gasteiger partial charge in [0.1, 0.15) is 35.8 Å². The van der Waals surface area contributed by atoms with Crippen molar-refractivity contribution < 1.29 is 29.2 Å². The molecule has 0 amide bonds.